The zero-order valence-corrected chi connectivity index (χ0v) is 11.7. The molecule has 0 aliphatic rings. The average Bonchev–Trinajstić information content (AvgIpc) is 2.38. The summed E-state index contributed by atoms with van der Waals surface area (Å²) >= 11 is 0. The molecule has 0 aliphatic carbocycles. The molecule has 0 fully saturated rings. The van der Waals surface area contributed by atoms with Gasteiger partial charge in [-0.25, -0.2) is 0 Å². The van der Waals surface area contributed by atoms with Gasteiger partial charge in [0, 0.05) is 17.2 Å². The lowest BCUT2D eigenvalue weighted by molar-refractivity contribution is 0.101. The van der Waals surface area contributed by atoms with E-state index < -0.39 is 0 Å². The molecule has 1 rings (SSSR count). The van der Waals surface area contributed by atoms with Crippen molar-refractivity contribution >= 4 is 22.3 Å². The molecule has 1 amide bonds. The van der Waals surface area contributed by atoms with Crippen molar-refractivity contribution < 1.29 is 4.79 Å². The van der Waals surface area contributed by atoms with Crippen LogP contribution in [0.15, 0.2) is 16.5 Å². The lowest BCUT2D eigenvalue weighted by Crippen LogP contribution is -2.07. The maximum absolute atomic E-state index is 12.1. The Kier molecular flexibility index (Phi) is 5.05. The minimum atomic E-state index is -0.320. The van der Waals surface area contributed by atoms with E-state index in [1.54, 1.807) is 13.0 Å². The van der Waals surface area contributed by atoms with Gasteiger partial charge in [-0.3, -0.25) is 4.79 Å². The number of nitrogens with zero attached hydrogens (tertiary/aromatic N) is 2. The van der Waals surface area contributed by atoms with Crippen molar-refractivity contribution in [1.82, 2.24) is 0 Å². The van der Waals surface area contributed by atoms with Crippen LogP contribution in [-0.2, 0) is 10.7 Å². The summed E-state index contributed by atoms with van der Waals surface area (Å²) in [6.45, 7) is 5.79. The van der Waals surface area contributed by atoms with Crippen molar-refractivity contribution in [3.8, 4) is 6.07 Å². The predicted molar refractivity (Wildman–Crippen MR) is 75.5 cm³/mol. The largest absolute Gasteiger partial charge is 0.398 e. The second-order valence-electron chi connectivity index (χ2n) is 3.80. The number of hydrogen-bond donors (Lipinski definition) is 1. The summed E-state index contributed by atoms with van der Waals surface area (Å²) in [7, 11) is -0.255. The van der Waals surface area contributed by atoms with Crippen LogP contribution < -0.4 is 5.73 Å². The molecule has 4 nitrogen and oxygen atoms in total. The SMILES string of the molecule is CCS(CC)=NC(=O)c1cc(C#N)cc(C)c1N. The normalized spacial score (nSPS) is 10.2. The Balaban J connectivity index is 3.25. The van der Waals surface area contributed by atoms with E-state index in [0.717, 1.165) is 17.1 Å². The molecule has 18 heavy (non-hydrogen) atoms. The second-order valence-corrected chi connectivity index (χ2v) is 6.06. The Morgan fingerprint density at radius 1 is 1.44 bits per heavy atom. The molecule has 0 heterocycles. The molecule has 0 saturated heterocycles. The molecule has 0 aromatic heterocycles. The molecule has 5 heteroatoms. The summed E-state index contributed by atoms with van der Waals surface area (Å²) in [5.74, 6) is 1.37. The third kappa shape index (κ3) is 3.17. The maximum Gasteiger partial charge on any atom is 0.285 e. The van der Waals surface area contributed by atoms with Crippen molar-refractivity contribution in [2.24, 2.45) is 4.36 Å². The summed E-state index contributed by atoms with van der Waals surface area (Å²) in [4.78, 5) is 12.1. The first-order chi connectivity index (χ1) is 8.53. The van der Waals surface area contributed by atoms with E-state index >= 15 is 0 Å². The summed E-state index contributed by atoms with van der Waals surface area (Å²) in [6.07, 6.45) is 0. The monoisotopic (exact) mass is 263 g/mol. The fraction of sp³-hybridized carbons (Fsp3) is 0.385. The van der Waals surface area contributed by atoms with Crippen molar-refractivity contribution in [2.45, 2.75) is 20.8 Å². The molecule has 0 bridgehead atoms. The van der Waals surface area contributed by atoms with Gasteiger partial charge in [0.15, 0.2) is 0 Å². The number of anilines is 1. The zero-order chi connectivity index (χ0) is 13.7. The van der Waals surface area contributed by atoms with Gasteiger partial charge in [-0.1, -0.05) is 24.5 Å². The minimum Gasteiger partial charge on any atom is -0.398 e. The Morgan fingerprint density at radius 3 is 2.56 bits per heavy atom. The van der Waals surface area contributed by atoms with E-state index in [2.05, 4.69) is 4.36 Å². The standard InChI is InChI=1S/C13H17N3OS/c1-4-18(5-2)16-13(17)11-7-10(8-14)6-9(3)12(11)15/h6-7H,4-5,15H2,1-3H3. The predicted octanol–water partition coefficient (Wildman–Crippen LogP) is 2.43. The highest BCUT2D eigenvalue weighted by atomic mass is 32.2. The number of benzene rings is 1. The van der Waals surface area contributed by atoms with Crippen LogP contribution in [0.3, 0.4) is 0 Å². The van der Waals surface area contributed by atoms with E-state index in [1.165, 1.54) is 6.07 Å². The quantitative estimate of drug-likeness (QED) is 0.850. The molecular weight excluding hydrogens is 246 g/mol. The molecule has 1 aromatic rings. The second kappa shape index (κ2) is 6.31. The van der Waals surface area contributed by atoms with E-state index in [-0.39, 0.29) is 16.6 Å². The first-order valence-electron chi connectivity index (χ1n) is 5.77. The zero-order valence-electron chi connectivity index (χ0n) is 10.9. The fourth-order valence-corrected chi connectivity index (χ4v) is 2.54. The van der Waals surface area contributed by atoms with Gasteiger partial charge in [-0.05, 0) is 24.6 Å². The number of nitriles is 1. The Labute approximate surface area is 110 Å². The highest BCUT2D eigenvalue weighted by Crippen LogP contribution is 2.20. The van der Waals surface area contributed by atoms with Crippen LogP contribution in [0.1, 0.15) is 35.3 Å². The molecule has 0 spiro atoms. The van der Waals surface area contributed by atoms with Gasteiger partial charge in [0.05, 0.1) is 17.2 Å². The minimum absolute atomic E-state index is 0.255. The summed E-state index contributed by atoms with van der Waals surface area (Å²) in [5.41, 5.74) is 7.81. The van der Waals surface area contributed by atoms with Crippen molar-refractivity contribution in [3.63, 3.8) is 0 Å². The topological polar surface area (TPSA) is 79.2 Å². The number of nitrogens with two attached hydrogens (primary N) is 1. The Bertz CT molecular complexity index is 538. The maximum atomic E-state index is 12.1. The summed E-state index contributed by atoms with van der Waals surface area (Å²) in [6, 6.07) is 5.21. The Hall–Kier alpha value is -1.67. The number of aryl methyl sites for hydroxylation is 1. The van der Waals surface area contributed by atoms with Gasteiger partial charge in [-0.15, -0.1) is 0 Å². The molecule has 2 N–H and O–H groups in total. The third-order valence-corrected chi connectivity index (χ3v) is 4.38. The smallest absolute Gasteiger partial charge is 0.285 e. The third-order valence-electron chi connectivity index (χ3n) is 2.62. The molecule has 0 saturated carbocycles. The van der Waals surface area contributed by atoms with Crippen LogP contribution in [0.5, 0.6) is 0 Å². The number of rotatable bonds is 3. The first kappa shape index (κ1) is 14.4. The van der Waals surface area contributed by atoms with Gasteiger partial charge in [0.2, 0.25) is 0 Å². The summed E-state index contributed by atoms with van der Waals surface area (Å²) in [5, 5.41) is 8.90. The van der Waals surface area contributed by atoms with E-state index in [0.29, 0.717) is 16.8 Å². The fourth-order valence-electron chi connectivity index (χ4n) is 1.54. The van der Waals surface area contributed by atoms with Gasteiger partial charge < -0.3 is 5.73 Å². The van der Waals surface area contributed by atoms with E-state index in [1.807, 2.05) is 19.9 Å². The van der Waals surface area contributed by atoms with Crippen molar-refractivity contribution in [1.29, 1.82) is 5.26 Å². The van der Waals surface area contributed by atoms with Crippen LogP contribution in [0.25, 0.3) is 0 Å². The molecule has 96 valence electrons. The van der Waals surface area contributed by atoms with Crippen LogP contribution >= 0.6 is 0 Å². The van der Waals surface area contributed by atoms with E-state index in [4.69, 9.17) is 11.0 Å². The highest BCUT2D eigenvalue weighted by molar-refractivity contribution is 7.87. The van der Waals surface area contributed by atoms with Gasteiger partial charge in [0.1, 0.15) is 0 Å². The average molecular weight is 263 g/mol. The molecule has 0 aliphatic heterocycles. The van der Waals surface area contributed by atoms with Gasteiger partial charge in [0.25, 0.3) is 5.91 Å². The van der Waals surface area contributed by atoms with Crippen molar-refractivity contribution in [2.75, 3.05) is 17.2 Å². The van der Waals surface area contributed by atoms with Gasteiger partial charge >= 0.3 is 0 Å². The van der Waals surface area contributed by atoms with Crippen LogP contribution in [0, 0.1) is 18.3 Å². The molecule has 0 unspecified atom stereocenters. The van der Waals surface area contributed by atoms with Crippen LogP contribution in [0.4, 0.5) is 5.69 Å². The first-order valence-corrected chi connectivity index (χ1v) is 7.29. The summed E-state index contributed by atoms with van der Waals surface area (Å²) < 4.78 is 4.16. The Morgan fingerprint density at radius 2 is 2.06 bits per heavy atom. The molecule has 0 radical (unpaired) electrons. The van der Waals surface area contributed by atoms with Gasteiger partial charge in [-0.2, -0.15) is 9.62 Å². The number of hydrogen-bond acceptors (Lipinski definition) is 3. The number of nitrogen functional groups attached to an aromatic ring is 1. The molecule has 0 atom stereocenters. The highest BCUT2D eigenvalue weighted by Gasteiger charge is 2.13. The van der Waals surface area contributed by atoms with Crippen LogP contribution in [0.2, 0.25) is 0 Å². The lowest BCUT2D eigenvalue weighted by Gasteiger charge is -2.07. The number of carbonyl (C=O) groups excluding carboxylic acids is 1. The number of carbonyl (C=O) groups is 1. The lowest BCUT2D eigenvalue weighted by atomic mass is 10.0. The van der Waals surface area contributed by atoms with E-state index in [9.17, 15) is 4.79 Å². The van der Waals surface area contributed by atoms with Crippen molar-refractivity contribution in [3.05, 3.63) is 28.8 Å². The van der Waals surface area contributed by atoms with Crippen LogP contribution in [-0.4, -0.2) is 17.4 Å². The molecular formula is C13H17N3OS. The number of amides is 1. The molecule has 1 aromatic carbocycles.